The highest BCUT2D eigenvalue weighted by atomic mass is 16.5. The summed E-state index contributed by atoms with van der Waals surface area (Å²) in [5, 5.41) is 8.27. The maximum absolute atomic E-state index is 11.9. The molecule has 2 aliphatic rings. The summed E-state index contributed by atoms with van der Waals surface area (Å²) in [4.78, 5) is 25.8. The van der Waals surface area contributed by atoms with Gasteiger partial charge in [-0.1, -0.05) is 0 Å². The van der Waals surface area contributed by atoms with Crippen molar-refractivity contribution >= 4 is 28.6 Å². The zero-order valence-corrected chi connectivity index (χ0v) is 18.2. The topological polar surface area (TPSA) is 88.4 Å². The van der Waals surface area contributed by atoms with Gasteiger partial charge in [0.1, 0.15) is 5.65 Å². The van der Waals surface area contributed by atoms with Gasteiger partial charge in [0.05, 0.1) is 25.1 Å². The molecule has 168 valence electrons. The number of carbonyl (C=O) groups is 1. The minimum Gasteiger partial charge on any atom is -0.379 e. The Morgan fingerprint density at radius 2 is 2.09 bits per heavy atom. The first-order valence-electron chi connectivity index (χ1n) is 11.4. The summed E-state index contributed by atoms with van der Waals surface area (Å²) in [6, 6.07) is 5.97. The van der Waals surface area contributed by atoms with Crippen LogP contribution in [0.15, 0.2) is 43.0 Å². The normalized spacial score (nSPS) is 16.9. The maximum atomic E-state index is 11.9. The van der Waals surface area contributed by atoms with Crippen LogP contribution in [0.1, 0.15) is 25.7 Å². The number of hydrazine groups is 1. The van der Waals surface area contributed by atoms with Gasteiger partial charge in [-0.25, -0.2) is 15.0 Å². The second-order valence-electron chi connectivity index (χ2n) is 8.40. The summed E-state index contributed by atoms with van der Waals surface area (Å²) in [6.45, 7) is 4.33. The molecule has 3 aromatic rings. The van der Waals surface area contributed by atoms with E-state index < -0.39 is 0 Å². The lowest BCUT2D eigenvalue weighted by Crippen LogP contribution is -2.47. The largest absolute Gasteiger partial charge is 0.379 e. The number of ether oxygens (including phenoxy) is 1. The average Bonchev–Trinajstić information content (AvgIpc) is 3.56. The molecule has 1 aliphatic heterocycles. The molecule has 0 unspecified atom stereocenters. The van der Waals surface area contributed by atoms with E-state index in [0.29, 0.717) is 38.0 Å². The number of carbonyl (C=O) groups excluding carboxylic acids is 1. The zero-order valence-electron chi connectivity index (χ0n) is 18.2. The number of hydrogen-bond donors (Lipinski definition) is 1. The average molecular weight is 436 g/mol. The van der Waals surface area contributed by atoms with Crippen LogP contribution in [0.5, 0.6) is 0 Å². The number of fused-ring (bicyclic) bond motifs is 1. The smallest absolute Gasteiger partial charge is 0.247 e. The third-order valence-corrected chi connectivity index (χ3v) is 5.91. The molecule has 0 aromatic carbocycles. The molecule has 1 aliphatic carbocycles. The van der Waals surface area contributed by atoms with Crippen LogP contribution in [0.4, 0.5) is 11.6 Å². The van der Waals surface area contributed by atoms with E-state index in [1.807, 2.05) is 41.8 Å². The predicted molar refractivity (Wildman–Crippen MR) is 121 cm³/mol. The number of aromatic nitrogens is 4. The van der Waals surface area contributed by atoms with E-state index in [9.17, 15) is 4.79 Å². The molecule has 1 amide bonds. The molecule has 1 N–H and O–H groups in total. The minimum atomic E-state index is 0.173. The first-order chi connectivity index (χ1) is 15.8. The number of nitrogens with zero attached hydrogens (tertiary/aromatic N) is 6. The van der Waals surface area contributed by atoms with Crippen LogP contribution in [0.3, 0.4) is 0 Å². The van der Waals surface area contributed by atoms with Crippen LogP contribution < -0.4 is 10.3 Å². The summed E-state index contributed by atoms with van der Waals surface area (Å²) in [6.07, 6.45) is 11.4. The van der Waals surface area contributed by atoms with E-state index in [4.69, 9.17) is 9.72 Å². The Labute approximate surface area is 187 Å². The molecule has 1 saturated heterocycles. The first-order valence-corrected chi connectivity index (χ1v) is 11.4. The first kappa shape index (κ1) is 20.8. The van der Waals surface area contributed by atoms with Crippen molar-refractivity contribution in [1.29, 1.82) is 0 Å². The monoisotopic (exact) mass is 435 g/mol. The summed E-state index contributed by atoms with van der Waals surface area (Å²) in [5.41, 5.74) is 1.81. The van der Waals surface area contributed by atoms with Crippen molar-refractivity contribution in [1.82, 2.24) is 29.8 Å². The van der Waals surface area contributed by atoms with Crippen molar-refractivity contribution in [3.05, 3.63) is 43.0 Å². The molecule has 0 bridgehead atoms. The number of amides is 1. The lowest BCUT2D eigenvalue weighted by molar-refractivity contribution is -0.121. The Balaban J connectivity index is 1.32. The highest BCUT2D eigenvalue weighted by Gasteiger charge is 2.25. The fourth-order valence-corrected chi connectivity index (χ4v) is 4.02. The number of pyridine rings is 1. The van der Waals surface area contributed by atoms with Crippen LogP contribution in [-0.4, -0.2) is 63.3 Å². The zero-order chi connectivity index (χ0) is 21.8. The summed E-state index contributed by atoms with van der Waals surface area (Å²) in [7, 11) is 0. The van der Waals surface area contributed by atoms with Crippen LogP contribution in [0.25, 0.3) is 11.0 Å². The Morgan fingerprint density at radius 3 is 2.88 bits per heavy atom. The standard InChI is InChI=1S/C23H29N7O2/c31-21(15-18-4-5-18)25-8-2-9-28-10-6-19-16-26-23(27-22(19)28)30(20-3-1-7-24-17-20)29-11-13-32-14-12-29/h1,3,6-7,10,16-18H,2,4-5,8-9,11-15H2,(H,25,31). The molecular weight excluding hydrogens is 406 g/mol. The lowest BCUT2D eigenvalue weighted by atomic mass is 10.3. The molecule has 9 nitrogen and oxygen atoms in total. The van der Waals surface area contributed by atoms with Crippen LogP contribution in [0.2, 0.25) is 0 Å². The van der Waals surface area contributed by atoms with Crippen molar-refractivity contribution in [2.75, 3.05) is 37.9 Å². The molecule has 0 atom stereocenters. The van der Waals surface area contributed by atoms with Crippen LogP contribution in [0, 0.1) is 5.92 Å². The second-order valence-corrected chi connectivity index (χ2v) is 8.40. The van der Waals surface area contributed by atoms with Gasteiger partial charge in [0.15, 0.2) is 0 Å². The van der Waals surface area contributed by atoms with E-state index in [2.05, 4.69) is 24.9 Å². The van der Waals surface area contributed by atoms with Gasteiger partial charge in [0.2, 0.25) is 11.9 Å². The molecule has 32 heavy (non-hydrogen) atoms. The maximum Gasteiger partial charge on any atom is 0.247 e. The van der Waals surface area contributed by atoms with Gasteiger partial charge in [-0.15, -0.1) is 0 Å². The van der Waals surface area contributed by atoms with E-state index in [-0.39, 0.29) is 5.91 Å². The quantitative estimate of drug-likeness (QED) is 0.517. The van der Waals surface area contributed by atoms with Crippen molar-refractivity contribution in [3.63, 3.8) is 0 Å². The SMILES string of the molecule is O=C(CC1CC1)NCCCn1ccc2cnc(N(c3cccnc3)N3CCOCC3)nc21. The van der Waals surface area contributed by atoms with Gasteiger partial charge in [-0.2, -0.15) is 4.98 Å². The van der Waals surface area contributed by atoms with Gasteiger partial charge in [0.25, 0.3) is 0 Å². The fraction of sp³-hybridized carbons (Fsp3) is 0.478. The molecule has 4 heterocycles. The second kappa shape index (κ2) is 9.62. The number of morpholine rings is 1. The third-order valence-electron chi connectivity index (χ3n) is 5.91. The molecule has 3 aromatic heterocycles. The van der Waals surface area contributed by atoms with Crippen LogP contribution in [-0.2, 0) is 16.1 Å². The minimum absolute atomic E-state index is 0.173. The van der Waals surface area contributed by atoms with Gasteiger partial charge >= 0.3 is 0 Å². The van der Waals surface area contributed by atoms with Gasteiger partial charge in [-0.3, -0.25) is 9.78 Å². The lowest BCUT2D eigenvalue weighted by Gasteiger charge is -2.36. The molecular formula is C23H29N7O2. The van der Waals surface area contributed by atoms with E-state index in [0.717, 1.165) is 42.8 Å². The molecule has 1 saturated carbocycles. The molecule has 0 spiro atoms. The van der Waals surface area contributed by atoms with Gasteiger partial charge < -0.3 is 14.6 Å². The summed E-state index contributed by atoms with van der Waals surface area (Å²) < 4.78 is 7.67. The van der Waals surface area contributed by atoms with Crippen molar-refractivity contribution in [2.45, 2.75) is 32.2 Å². The molecule has 5 rings (SSSR count). The third kappa shape index (κ3) is 4.89. The summed E-state index contributed by atoms with van der Waals surface area (Å²) >= 11 is 0. The number of aryl methyl sites for hydroxylation is 1. The Hall–Kier alpha value is -3.04. The predicted octanol–water partition coefficient (Wildman–Crippen LogP) is 2.52. The molecule has 0 radical (unpaired) electrons. The number of nitrogens with one attached hydrogen (secondary N) is 1. The van der Waals surface area contributed by atoms with E-state index >= 15 is 0 Å². The van der Waals surface area contributed by atoms with Crippen molar-refractivity contribution < 1.29 is 9.53 Å². The Bertz CT molecular complexity index is 1040. The number of rotatable bonds is 9. The van der Waals surface area contributed by atoms with Crippen molar-refractivity contribution in [2.24, 2.45) is 5.92 Å². The summed E-state index contributed by atoms with van der Waals surface area (Å²) in [5.74, 6) is 1.41. The fourth-order valence-electron chi connectivity index (χ4n) is 4.02. The highest BCUT2D eigenvalue weighted by Crippen LogP contribution is 2.32. The number of hydrogen-bond acceptors (Lipinski definition) is 7. The Morgan fingerprint density at radius 1 is 1.22 bits per heavy atom. The van der Waals surface area contributed by atoms with E-state index in [1.165, 1.54) is 12.8 Å². The number of anilines is 2. The van der Waals surface area contributed by atoms with Gasteiger partial charge in [-0.05, 0) is 43.4 Å². The highest BCUT2D eigenvalue weighted by molar-refractivity contribution is 5.77. The van der Waals surface area contributed by atoms with Gasteiger partial charge in [0, 0.05) is 56.6 Å². The van der Waals surface area contributed by atoms with E-state index in [1.54, 1.807) is 6.20 Å². The molecule has 2 fully saturated rings. The van der Waals surface area contributed by atoms with Crippen LogP contribution >= 0.6 is 0 Å². The Kier molecular flexibility index (Phi) is 6.27. The molecule has 9 heteroatoms. The van der Waals surface area contributed by atoms with Crippen molar-refractivity contribution in [3.8, 4) is 0 Å².